The highest BCUT2D eigenvalue weighted by atomic mass is 16.5. The number of rotatable bonds is 8. The van der Waals surface area contributed by atoms with Crippen molar-refractivity contribution in [2.45, 2.75) is 84.0 Å². The zero-order valence-corrected chi connectivity index (χ0v) is 21.9. The topological polar surface area (TPSA) is 116 Å². The first-order valence-electron chi connectivity index (χ1n) is 13.1. The van der Waals surface area contributed by atoms with E-state index in [0.717, 1.165) is 35.5 Å². The van der Waals surface area contributed by atoms with E-state index in [-0.39, 0.29) is 49.5 Å². The Morgan fingerprint density at radius 2 is 2.00 bits per heavy atom. The van der Waals surface area contributed by atoms with Crippen molar-refractivity contribution in [2.24, 2.45) is 5.92 Å². The smallest absolute Gasteiger partial charge is 0.306 e. The lowest BCUT2D eigenvalue weighted by Gasteiger charge is -2.44. The molecule has 196 valence electrons. The van der Waals surface area contributed by atoms with Crippen molar-refractivity contribution >= 4 is 17.7 Å². The Morgan fingerprint density at radius 3 is 2.64 bits per heavy atom. The minimum atomic E-state index is -0.478. The first kappa shape index (κ1) is 26.4. The molecule has 36 heavy (non-hydrogen) atoms. The molecule has 1 saturated carbocycles. The summed E-state index contributed by atoms with van der Waals surface area (Å²) >= 11 is 0. The number of nitrogens with zero attached hydrogens (tertiary/aromatic N) is 4. The Hall–Kier alpha value is -2.70. The molecule has 2 fully saturated rings. The highest BCUT2D eigenvalue weighted by Gasteiger charge is 2.39. The molecule has 4 rings (SSSR count). The lowest BCUT2D eigenvalue weighted by atomic mass is 9.87. The SMILES string of the molecule is CC(C)C1CN(c2nc(C3CC3)c3c(c2C#N)CC(C)(C)OC3)CCN1C(=O)CCC(=O)OCCO. The van der Waals surface area contributed by atoms with Gasteiger partial charge in [-0.15, -0.1) is 0 Å². The van der Waals surface area contributed by atoms with Crippen LogP contribution in [0.1, 0.15) is 81.7 Å². The van der Waals surface area contributed by atoms with Gasteiger partial charge in [-0.3, -0.25) is 9.59 Å². The maximum Gasteiger partial charge on any atom is 0.306 e. The monoisotopic (exact) mass is 498 g/mol. The van der Waals surface area contributed by atoms with Crippen molar-refractivity contribution in [3.8, 4) is 6.07 Å². The molecule has 2 aliphatic heterocycles. The first-order valence-corrected chi connectivity index (χ1v) is 13.1. The van der Waals surface area contributed by atoms with Gasteiger partial charge in [0.05, 0.1) is 42.5 Å². The second-order valence-corrected chi connectivity index (χ2v) is 11.1. The molecule has 9 heteroatoms. The summed E-state index contributed by atoms with van der Waals surface area (Å²) < 4.78 is 11.0. The number of amides is 1. The van der Waals surface area contributed by atoms with Gasteiger partial charge in [-0.25, -0.2) is 4.98 Å². The molecule has 1 N–H and O–H groups in total. The molecule has 0 aromatic carbocycles. The van der Waals surface area contributed by atoms with Crippen LogP contribution >= 0.6 is 0 Å². The van der Waals surface area contributed by atoms with Gasteiger partial charge in [-0.05, 0) is 38.2 Å². The zero-order valence-electron chi connectivity index (χ0n) is 21.9. The summed E-state index contributed by atoms with van der Waals surface area (Å²) in [7, 11) is 0. The molecule has 1 amide bonds. The first-order chi connectivity index (χ1) is 17.1. The van der Waals surface area contributed by atoms with E-state index in [0.29, 0.717) is 44.1 Å². The van der Waals surface area contributed by atoms with Crippen molar-refractivity contribution in [1.82, 2.24) is 9.88 Å². The van der Waals surface area contributed by atoms with E-state index in [1.165, 1.54) is 0 Å². The Labute approximate surface area is 213 Å². The average molecular weight is 499 g/mol. The molecule has 1 atom stereocenters. The van der Waals surface area contributed by atoms with E-state index in [9.17, 15) is 14.9 Å². The van der Waals surface area contributed by atoms with Crippen LogP contribution in [0.3, 0.4) is 0 Å². The highest BCUT2D eigenvalue weighted by Crippen LogP contribution is 2.46. The van der Waals surface area contributed by atoms with E-state index in [4.69, 9.17) is 19.6 Å². The summed E-state index contributed by atoms with van der Waals surface area (Å²) in [5, 5.41) is 19.0. The van der Waals surface area contributed by atoms with E-state index < -0.39 is 5.97 Å². The summed E-state index contributed by atoms with van der Waals surface area (Å²) in [6, 6.07) is 2.40. The van der Waals surface area contributed by atoms with Gasteiger partial charge in [0.1, 0.15) is 18.5 Å². The summed E-state index contributed by atoms with van der Waals surface area (Å²) in [5.74, 6) is 0.807. The van der Waals surface area contributed by atoms with Crippen LogP contribution in [0.25, 0.3) is 0 Å². The molecule has 0 bridgehead atoms. The molecular weight excluding hydrogens is 460 g/mol. The Kier molecular flexibility index (Phi) is 7.86. The minimum Gasteiger partial charge on any atom is -0.463 e. The number of esters is 1. The number of carbonyl (C=O) groups excluding carboxylic acids is 2. The van der Waals surface area contributed by atoms with Crippen molar-refractivity contribution in [3.63, 3.8) is 0 Å². The second-order valence-electron chi connectivity index (χ2n) is 11.1. The fourth-order valence-corrected chi connectivity index (χ4v) is 5.29. The highest BCUT2D eigenvalue weighted by molar-refractivity contribution is 5.82. The number of nitriles is 1. The van der Waals surface area contributed by atoms with E-state index in [1.807, 2.05) is 4.90 Å². The van der Waals surface area contributed by atoms with Gasteiger partial charge in [0.2, 0.25) is 5.91 Å². The summed E-state index contributed by atoms with van der Waals surface area (Å²) in [4.78, 5) is 34.0. The van der Waals surface area contributed by atoms with Crippen LogP contribution in [0.15, 0.2) is 0 Å². The number of anilines is 1. The minimum absolute atomic E-state index is 0.00255. The number of fused-ring (bicyclic) bond motifs is 1. The van der Waals surface area contributed by atoms with E-state index in [1.54, 1.807) is 0 Å². The number of hydrogen-bond donors (Lipinski definition) is 1. The molecular formula is C27H38N4O5. The van der Waals surface area contributed by atoms with Crippen LogP contribution in [0.4, 0.5) is 5.82 Å². The number of aliphatic hydroxyl groups excluding tert-OH is 1. The van der Waals surface area contributed by atoms with Crippen LogP contribution in [0.2, 0.25) is 0 Å². The molecule has 1 unspecified atom stereocenters. The number of carbonyl (C=O) groups is 2. The maximum atomic E-state index is 13.0. The average Bonchev–Trinajstić information content (AvgIpc) is 3.69. The number of aromatic nitrogens is 1. The summed E-state index contributed by atoms with van der Waals surface area (Å²) in [5.41, 5.74) is 3.55. The molecule has 0 radical (unpaired) electrons. The van der Waals surface area contributed by atoms with Crippen LogP contribution < -0.4 is 4.90 Å². The number of pyridine rings is 1. The molecule has 0 spiro atoms. The predicted molar refractivity (Wildman–Crippen MR) is 133 cm³/mol. The fraction of sp³-hybridized carbons (Fsp3) is 0.704. The fourth-order valence-electron chi connectivity index (χ4n) is 5.29. The number of ether oxygens (including phenoxy) is 2. The Morgan fingerprint density at radius 1 is 1.25 bits per heavy atom. The van der Waals surface area contributed by atoms with Gasteiger partial charge in [0.25, 0.3) is 0 Å². The standard InChI is InChI=1S/C27H38N4O5/c1-17(2)22-15-30(9-10-31(22)23(33)7-8-24(34)35-12-11-32)26-20(14-28)19-13-27(3,4)36-16-21(19)25(29-26)18-5-6-18/h17-18,22,32H,5-13,15-16H2,1-4H3. The van der Waals surface area contributed by atoms with Gasteiger partial charge >= 0.3 is 5.97 Å². The maximum absolute atomic E-state index is 13.0. The van der Waals surface area contributed by atoms with Crippen molar-refractivity contribution in [2.75, 3.05) is 37.7 Å². The van der Waals surface area contributed by atoms with Crippen molar-refractivity contribution in [1.29, 1.82) is 5.26 Å². The summed E-state index contributed by atoms with van der Waals surface area (Å²) in [6.45, 7) is 10.2. The third-order valence-electron chi connectivity index (χ3n) is 7.42. The lowest BCUT2D eigenvalue weighted by Crippen LogP contribution is -2.57. The molecule has 1 saturated heterocycles. The number of hydrogen-bond acceptors (Lipinski definition) is 8. The molecule has 1 aliphatic carbocycles. The number of piperazine rings is 1. The van der Waals surface area contributed by atoms with Crippen LogP contribution in [-0.2, 0) is 32.1 Å². The molecule has 1 aromatic rings. The lowest BCUT2D eigenvalue weighted by molar-refractivity contribution is -0.147. The largest absolute Gasteiger partial charge is 0.463 e. The Bertz CT molecular complexity index is 1040. The summed E-state index contributed by atoms with van der Waals surface area (Å²) in [6.07, 6.45) is 2.99. The van der Waals surface area contributed by atoms with Gasteiger partial charge in [0.15, 0.2) is 0 Å². The molecule has 3 aliphatic rings. The third kappa shape index (κ3) is 5.65. The van der Waals surface area contributed by atoms with Gasteiger partial charge in [-0.2, -0.15) is 5.26 Å². The van der Waals surface area contributed by atoms with Gasteiger partial charge in [0, 0.05) is 44.0 Å². The van der Waals surface area contributed by atoms with Crippen LogP contribution in [-0.4, -0.2) is 71.4 Å². The zero-order chi connectivity index (χ0) is 26.0. The Balaban J connectivity index is 1.57. The van der Waals surface area contributed by atoms with Crippen LogP contribution in [0, 0.1) is 17.2 Å². The van der Waals surface area contributed by atoms with E-state index in [2.05, 4.69) is 38.7 Å². The van der Waals surface area contributed by atoms with Crippen LogP contribution in [0.5, 0.6) is 0 Å². The third-order valence-corrected chi connectivity index (χ3v) is 7.42. The van der Waals surface area contributed by atoms with Gasteiger partial charge < -0.3 is 24.4 Å². The predicted octanol–water partition coefficient (Wildman–Crippen LogP) is 2.67. The molecule has 1 aromatic heterocycles. The van der Waals surface area contributed by atoms with E-state index >= 15 is 0 Å². The van der Waals surface area contributed by atoms with Crippen molar-refractivity contribution in [3.05, 3.63) is 22.4 Å². The normalized spacial score (nSPS) is 21.2. The second kappa shape index (κ2) is 10.7. The van der Waals surface area contributed by atoms with Gasteiger partial charge in [-0.1, -0.05) is 13.8 Å². The number of aliphatic hydroxyl groups is 1. The quantitative estimate of drug-likeness (QED) is 0.544. The molecule has 3 heterocycles. The molecule has 9 nitrogen and oxygen atoms in total. The van der Waals surface area contributed by atoms with Crippen molar-refractivity contribution < 1.29 is 24.2 Å².